The first-order chi connectivity index (χ1) is 15.5. The minimum atomic E-state index is -0.632. The van der Waals surface area contributed by atoms with Gasteiger partial charge in [-0.2, -0.15) is 0 Å². The van der Waals surface area contributed by atoms with E-state index in [0.29, 0.717) is 23.8 Å². The number of fused-ring (bicyclic) bond motifs is 3. The summed E-state index contributed by atoms with van der Waals surface area (Å²) < 4.78 is 35.1. The van der Waals surface area contributed by atoms with E-state index in [0.717, 1.165) is 42.7 Å². The molecule has 4 heterocycles. The van der Waals surface area contributed by atoms with Crippen LogP contribution in [0.25, 0.3) is 11.4 Å². The van der Waals surface area contributed by atoms with Crippen molar-refractivity contribution in [3.8, 4) is 17.3 Å². The lowest BCUT2D eigenvalue weighted by Crippen LogP contribution is -2.58. The first kappa shape index (κ1) is 20.9. The fraction of sp³-hybridized carbons (Fsp3) is 0.304. The third-order valence-electron chi connectivity index (χ3n) is 6.14. The van der Waals surface area contributed by atoms with Crippen LogP contribution < -0.4 is 9.64 Å². The van der Waals surface area contributed by atoms with E-state index in [9.17, 15) is 13.6 Å². The molecule has 0 N–H and O–H groups in total. The molecule has 9 heteroatoms. The molecule has 0 amide bonds. The Kier molecular flexibility index (Phi) is 5.58. The zero-order valence-corrected chi connectivity index (χ0v) is 18.5. The minimum Gasteiger partial charge on any atom is -0.472 e. The van der Waals surface area contributed by atoms with Gasteiger partial charge in [-0.05, 0) is 59.3 Å². The molecule has 2 aromatic heterocycles. The molecule has 1 aliphatic carbocycles. The highest BCUT2D eigenvalue weighted by Crippen LogP contribution is 2.42. The molecule has 1 saturated carbocycles. The van der Waals surface area contributed by atoms with E-state index in [1.54, 1.807) is 12.3 Å². The average molecular weight is 501 g/mol. The van der Waals surface area contributed by atoms with Gasteiger partial charge in [0.15, 0.2) is 17.9 Å². The number of aromatic nitrogens is 3. The number of benzene rings is 1. The number of nitrogens with zero attached hydrogens (tertiary/aromatic N) is 4. The van der Waals surface area contributed by atoms with Crippen molar-refractivity contribution < 1.29 is 18.3 Å². The topological polar surface area (TPSA) is 68.2 Å². The predicted octanol–water partition coefficient (Wildman–Crippen LogP) is 4.83. The Hall–Kier alpha value is -2.94. The van der Waals surface area contributed by atoms with Crippen LogP contribution in [-0.4, -0.2) is 39.9 Å². The third kappa shape index (κ3) is 3.85. The van der Waals surface area contributed by atoms with Crippen molar-refractivity contribution in [3.05, 3.63) is 64.5 Å². The summed E-state index contributed by atoms with van der Waals surface area (Å²) in [6.07, 6.45) is 6.98. The Balaban J connectivity index is 1.51. The van der Waals surface area contributed by atoms with Crippen LogP contribution in [0.3, 0.4) is 0 Å². The number of hydrogen-bond donors (Lipinski definition) is 0. The number of pyridine rings is 1. The van der Waals surface area contributed by atoms with Gasteiger partial charge in [0.1, 0.15) is 11.9 Å². The fourth-order valence-electron chi connectivity index (χ4n) is 4.74. The second-order valence-corrected chi connectivity index (χ2v) is 8.98. The molecule has 3 atom stereocenters. The molecule has 3 fully saturated rings. The van der Waals surface area contributed by atoms with Gasteiger partial charge in [0, 0.05) is 29.0 Å². The summed E-state index contributed by atoms with van der Waals surface area (Å²) in [6, 6.07) is 6.62. The summed E-state index contributed by atoms with van der Waals surface area (Å²) in [5.41, 5.74) is 0.742. The molecule has 3 aromatic rings. The molecule has 0 unspecified atom stereocenters. The van der Waals surface area contributed by atoms with Crippen molar-refractivity contribution in [2.75, 3.05) is 11.4 Å². The Morgan fingerprint density at radius 3 is 2.56 bits per heavy atom. The average Bonchev–Trinajstić information content (AvgIpc) is 2.81. The molecule has 2 aliphatic heterocycles. The molecule has 2 saturated heterocycles. The van der Waals surface area contributed by atoms with Crippen LogP contribution >= 0.6 is 15.9 Å². The Morgan fingerprint density at radius 1 is 1.06 bits per heavy atom. The number of anilines is 1. The second kappa shape index (κ2) is 8.54. The molecule has 32 heavy (non-hydrogen) atoms. The number of ether oxygens (including phenoxy) is 1. The first-order valence-electron chi connectivity index (χ1n) is 10.3. The molecule has 6 nitrogen and oxygen atoms in total. The maximum Gasteiger partial charge on any atom is 0.213 e. The number of hydrogen-bond acceptors (Lipinski definition) is 6. The van der Waals surface area contributed by atoms with E-state index in [2.05, 4.69) is 35.8 Å². The second-order valence-electron chi connectivity index (χ2n) is 8.07. The van der Waals surface area contributed by atoms with Crippen molar-refractivity contribution in [3.63, 3.8) is 0 Å². The molecule has 3 aliphatic rings. The smallest absolute Gasteiger partial charge is 0.213 e. The number of piperidine rings is 2. The van der Waals surface area contributed by atoms with Gasteiger partial charge in [-0.25, -0.2) is 23.7 Å². The molecule has 2 bridgehead atoms. The Morgan fingerprint density at radius 2 is 1.88 bits per heavy atom. The van der Waals surface area contributed by atoms with Crippen LogP contribution in [0, 0.1) is 17.6 Å². The summed E-state index contributed by atoms with van der Waals surface area (Å²) in [5, 5.41) is 0. The van der Waals surface area contributed by atoms with Crippen molar-refractivity contribution in [2.24, 2.45) is 5.92 Å². The molecule has 0 radical (unpaired) electrons. The van der Waals surface area contributed by atoms with Crippen molar-refractivity contribution >= 4 is 27.9 Å². The number of aldehydes is 1. The van der Waals surface area contributed by atoms with Gasteiger partial charge in [0.05, 0.1) is 29.6 Å². The molecule has 6 rings (SSSR count). The lowest BCUT2D eigenvalue weighted by atomic mass is 9.77. The van der Waals surface area contributed by atoms with Gasteiger partial charge >= 0.3 is 0 Å². The molecular formula is C23H19BrF2N4O2. The van der Waals surface area contributed by atoms with Gasteiger partial charge in [0.2, 0.25) is 5.88 Å². The van der Waals surface area contributed by atoms with Crippen LogP contribution in [-0.2, 0) is 0 Å². The van der Waals surface area contributed by atoms with Crippen LogP contribution in [0.4, 0.5) is 14.5 Å². The summed E-state index contributed by atoms with van der Waals surface area (Å²) in [4.78, 5) is 26.3. The van der Waals surface area contributed by atoms with E-state index >= 15 is 0 Å². The summed E-state index contributed by atoms with van der Waals surface area (Å²) >= 11 is 3.37. The number of halogens is 3. The van der Waals surface area contributed by atoms with Crippen molar-refractivity contribution in [1.29, 1.82) is 0 Å². The van der Waals surface area contributed by atoms with Gasteiger partial charge in [-0.1, -0.05) is 0 Å². The SMILES string of the molecule is O=Cc1c(N2C[C@@H]3CC[C@H]2[C@H](Oc2ccc(Br)cn2)C3)ccc(F)c1-c1ncc(F)cn1. The minimum absolute atomic E-state index is 0.0107. The van der Waals surface area contributed by atoms with Crippen molar-refractivity contribution in [1.82, 2.24) is 15.0 Å². The van der Waals surface area contributed by atoms with Crippen LogP contribution in [0.1, 0.15) is 29.6 Å². The first-order valence-corrected chi connectivity index (χ1v) is 11.1. The zero-order chi connectivity index (χ0) is 22.2. The highest BCUT2D eigenvalue weighted by Gasteiger charge is 2.43. The highest BCUT2D eigenvalue weighted by molar-refractivity contribution is 9.10. The highest BCUT2D eigenvalue weighted by atomic mass is 79.9. The van der Waals surface area contributed by atoms with Crippen LogP contribution in [0.2, 0.25) is 0 Å². The quantitative estimate of drug-likeness (QED) is 0.467. The monoisotopic (exact) mass is 500 g/mol. The number of carbonyl (C=O) groups excluding carboxylic acids is 1. The van der Waals surface area contributed by atoms with Gasteiger partial charge in [0.25, 0.3) is 0 Å². The largest absolute Gasteiger partial charge is 0.472 e. The number of rotatable bonds is 5. The predicted molar refractivity (Wildman–Crippen MR) is 118 cm³/mol. The Labute approximate surface area is 191 Å². The molecule has 164 valence electrons. The maximum absolute atomic E-state index is 14.8. The van der Waals surface area contributed by atoms with Gasteiger partial charge < -0.3 is 9.64 Å². The lowest BCUT2D eigenvalue weighted by molar-refractivity contribution is 0.0662. The van der Waals surface area contributed by atoms with E-state index < -0.39 is 11.6 Å². The van der Waals surface area contributed by atoms with Crippen molar-refractivity contribution in [2.45, 2.75) is 31.4 Å². The van der Waals surface area contributed by atoms with E-state index in [4.69, 9.17) is 4.74 Å². The number of carbonyl (C=O) groups is 1. The molecule has 1 aromatic carbocycles. The molecule has 0 spiro atoms. The lowest BCUT2D eigenvalue weighted by Gasteiger charge is -2.50. The molecular weight excluding hydrogens is 482 g/mol. The van der Waals surface area contributed by atoms with E-state index in [-0.39, 0.29) is 29.1 Å². The van der Waals surface area contributed by atoms with Crippen LogP contribution in [0.5, 0.6) is 5.88 Å². The summed E-state index contributed by atoms with van der Waals surface area (Å²) in [7, 11) is 0. The fourth-order valence-corrected chi connectivity index (χ4v) is 4.98. The Bertz CT molecular complexity index is 1140. The maximum atomic E-state index is 14.8. The van der Waals surface area contributed by atoms with Crippen LogP contribution in [0.15, 0.2) is 47.3 Å². The third-order valence-corrected chi connectivity index (χ3v) is 6.61. The van der Waals surface area contributed by atoms with Gasteiger partial charge in [-0.15, -0.1) is 0 Å². The van der Waals surface area contributed by atoms with E-state index in [1.807, 2.05) is 12.1 Å². The zero-order valence-electron chi connectivity index (χ0n) is 16.9. The summed E-state index contributed by atoms with van der Waals surface area (Å²) in [6.45, 7) is 0.745. The summed E-state index contributed by atoms with van der Waals surface area (Å²) in [5.74, 6) is -0.359. The van der Waals surface area contributed by atoms with Gasteiger partial charge in [-0.3, -0.25) is 4.79 Å². The normalized spacial score (nSPS) is 22.1. The standard InChI is InChI=1S/C23H19BrF2N4O2/c24-14-2-6-21(27-8-14)32-20-7-13-1-4-19(20)30(11-13)18-5-3-17(26)22(16(18)12-31)23-28-9-15(25)10-29-23/h2-3,5-6,8-10,12-13,19-20H,1,4,7,11H2/t13-,19+,20-/m1/s1. The van der Waals surface area contributed by atoms with E-state index in [1.165, 1.54) is 6.07 Å².